The largest absolute Gasteiger partial charge is 0.478 e. The van der Waals surface area contributed by atoms with Gasteiger partial charge in [-0.05, 0) is 23.8 Å². The monoisotopic (exact) mass is 424 g/mol. The number of aromatic nitrogens is 1. The van der Waals surface area contributed by atoms with Gasteiger partial charge in [-0.3, -0.25) is 0 Å². The summed E-state index contributed by atoms with van der Waals surface area (Å²) in [6.45, 7) is 0. The van der Waals surface area contributed by atoms with Gasteiger partial charge in [-0.15, -0.1) is 0 Å². The second-order valence-electron chi connectivity index (χ2n) is 6.97. The Labute approximate surface area is 184 Å². The van der Waals surface area contributed by atoms with Gasteiger partial charge in [0.05, 0.1) is 5.69 Å². The zero-order chi connectivity index (χ0) is 22.5. The average molecular weight is 424 g/mol. The third-order valence-electron chi connectivity index (χ3n) is 4.88. The van der Waals surface area contributed by atoms with Crippen molar-refractivity contribution in [2.45, 2.75) is 6.10 Å². The first-order valence-electron chi connectivity index (χ1n) is 9.77. The number of hydrogen-bond acceptors (Lipinski definition) is 4. The SMILES string of the molecule is N#Cc1c(-c2ccc(F)cc2)cc(-c2ccccc2)nc1OC(C(=O)O)c1ccccc1. The maximum absolute atomic E-state index is 13.5. The van der Waals surface area contributed by atoms with E-state index >= 15 is 0 Å². The van der Waals surface area contributed by atoms with Gasteiger partial charge in [0.25, 0.3) is 0 Å². The fraction of sp³-hybridized carbons (Fsp3) is 0.0385. The summed E-state index contributed by atoms with van der Waals surface area (Å²) in [5.74, 6) is -1.73. The van der Waals surface area contributed by atoms with Gasteiger partial charge in [-0.25, -0.2) is 14.2 Å². The van der Waals surface area contributed by atoms with Gasteiger partial charge in [0.15, 0.2) is 0 Å². The van der Waals surface area contributed by atoms with Crippen LogP contribution < -0.4 is 4.74 Å². The zero-order valence-electron chi connectivity index (χ0n) is 16.8. The molecule has 1 aromatic heterocycles. The van der Waals surface area contributed by atoms with Crippen LogP contribution in [-0.2, 0) is 4.79 Å². The number of ether oxygens (including phenoxy) is 1. The van der Waals surface area contributed by atoms with Crippen LogP contribution in [0.3, 0.4) is 0 Å². The second-order valence-corrected chi connectivity index (χ2v) is 6.97. The van der Waals surface area contributed by atoms with Gasteiger partial charge in [-0.2, -0.15) is 5.26 Å². The van der Waals surface area contributed by atoms with Crippen molar-refractivity contribution in [2.24, 2.45) is 0 Å². The molecule has 4 rings (SSSR count). The van der Waals surface area contributed by atoms with Gasteiger partial charge in [0.1, 0.15) is 17.4 Å². The lowest BCUT2D eigenvalue weighted by Gasteiger charge is -2.18. The quantitative estimate of drug-likeness (QED) is 0.434. The summed E-state index contributed by atoms with van der Waals surface area (Å²) in [7, 11) is 0. The van der Waals surface area contributed by atoms with Crippen LogP contribution in [0.1, 0.15) is 17.2 Å². The maximum Gasteiger partial charge on any atom is 0.349 e. The minimum absolute atomic E-state index is 0.0680. The van der Waals surface area contributed by atoms with Crippen LogP contribution in [0.15, 0.2) is 91.0 Å². The smallest absolute Gasteiger partial charge is 0.349 e. The predicted molar refractivity (Wildman–Crippen MR) is 117 cm³/mol. The van der Waals surface area contributed by atoms with Crippen molar-refractivity contribution in [1.29, 1.82) is 5.26 Å². The maximum atomic E-state index is 13.5. The number of nitrogens with zero attached hydrogens (tertiary/aromatic N) is 2. The Balaban J connectivity index is 1.90. The molecule has 0 spiro atoms. The fourth-order valence-corrected chi connectivity index (χ4v) is 3.33. The third kappa shape index (κ3) is 4.32. The molecular weight excluding hydrogens is 407 g/mol. The van der Waals surface area contributed by atoms with E-state index in [1.165, 1.54) is 12.1 Å². The molecule has 3 aromatic carbocycles. The van der Waals surface area contributed by atoms with E-state index in [-0.39, 0.29) is 11.4 Å². The molecule has 1 atom stereocenters. The molecule has 5 nitrogen and oxygen atoms in total. The number of pyridine rings is 1. The molecule has 0 saturated heterocycles. The first kappa shape index (κ1) is 20.8. The minimum Gasteiger partial charge on any atom is -0.478 e. The lowest BCUT2D eigenvalue weighted by atomic mass is 9.98. The van der Waals surface area contributed by atoms with E-state index in [9.17, 15) is 19.6 Å². The molecule has 1 N–H and O–H groups in total. The molecule has 6 heteroatoms. The number of halogens is 1. The van der Waals surface area contributed by atoms with Crippen molar-refractivity contribution in [3.05, 3.63) is 108 Å². The van der Waals surface area contributed by atoms with E-state index in [1.54, 1.807) is 48.5 Å². The highest BCUT2D eigenvalue weighted by Crippen LogP contribution is 2.35. The summed E-state index contributed by atoms with van der Waals surface area (Å²) in [4.78, 5) is 16.5. The van der Waals surface area contributed by atoms with Gasteiger partial charge >= 0.3 is 5.97 Å². The Kier molecular flexibility index (Phi) is 5.91. The molecule has 0 saturated carbocycles. The Hall–Kier alpha value is -4.50. The van der Waals surface area contributed by atoms with Gasteiger partial charge in [0.2, 0.25) is 12.0 Å². The normalized spacial score (nSPS) is 11.4. The number of aliphatic carboxylic acids is 1. The summed E-state index contributed by atoms with van der Waals surface area (Å²) in [6.07, 6.45) is -1.36. The van der Waals surface area contributed by atoms with Crippen LogP contribution in [0.5, 0.6) is 5.88 Å². The molecule has 0 fully saturated rings. The number of nitriles is 1. The number of carbonyl (C=O) groups is 1. The molecule has 1 unspecified atom stereocenters. The molecule has 0 aliphatic rings. The van der Waals surface area contributed by atoms with Crippen LogP contribution in [-0.4, -0.2) is 16.1 Å². The van der Waals surface area contributed by atoms with Crippen LogP contribution >= 0.6 is 0 Å². The second kappa shape index (κ2) is 9.11. The first-order valence-corrected chi connectivity index (χ1v) is 9.77. The highest BCUT2D eigenvalue weighted by molar-refractivity contribution is 5.79. The van der Waals surface area contributed by atoms with Crippen molar-refractivity contribution >= 4 is 5.97 Å². The summed E-state index contributed by atoms with van der Waals surface area (Å²) in [5.41, 5.74) is 2.79. The Morgan fingerprint density at radius 2 is 1.56 bits per heavy atom. The minimum atomic E-state index is -1.36. The van der Waals surface area contributed by atoms with Crippen molar-refractivity contribution in [3.8, 4) is 34.3 Å². The molecule has 0 radical (unpaired) electrons. The number of carboxylic acid groups (broad SMARTS) is 1. The highest BCUT2D eigenvalue weighted by Gasteiger charge is 2.26. The summed E-state index contributed by atoms with van der Waals surface area (Å²) in [5, 5.41) is 19.7. The molecule has 4 aromatic rings. The van der Waals surface area contributed by atoms with E-state index in [1.807, 2.05) is 30.3 Å². The molecule has 32 heavy (non-hydrogen) atoms. The fourth-order valence-electron chi connectivity index (χ4n) is 3.33. The zero-order valence-corrected chi connectivity index (χ0v) is 16.8. The third-order valence-corrected chi connectivity index (χ3v) is 4.88. The molecular formula is C26H17FN2O3. The summed E-state index contributed by atoms with van der Waals surface area (Å²) < 4.78 is 19.3. The van der Waals surface area contributed by atoms with E-state index in [4.69, 9.17) is 4.74 Å². The summed E-state index contributed by atoms with van der Waals surface area (Å²) in [6, 6.07) is 27.2. The molecule has 0 bridgehead atoms. The van der Waals surface area contributed by atoms with E-state index < -0.39 is 17.9 Å². The standard InChI is InChI=1S/C26H17FN2O3/c27-20-13-11-17(12-14-20)21-15-23(18-7-3-1-4-8-18)29-25(22(21)16-28)32-24(26(30)31)19-9-5-2-6-10-19/h1-15,24H,(H,30,31). The molecule has 1 heterocycles. The number of rotatable bonds is 6. The highest BCUT2D eigenvalue weighted by atomic mass is 19.1. The number of carboxylic acids is 1. The molecule has 0 aliphatic carbocycles. The average Bonchev–Trinajstić information content (AvgIpc) is 2.83. The lowest BCUT2D eigenvalue weighted by molar-refractivity contribution is -0.145. The predicted octanol–water partition coefficient (Wildman–Crippen LogP) is 5.63. The van der Waals surface area contributed by atoms with Crippen molar-refractivity contribution < 1.29 is 19.0 Å². The van der Waals surface area contributed by atoms with Crippen molar-refractivity contribution in [3.63, 3.8) is 0 Å². The van der Waals surface area contributed by atoms with Crippen LogP contribution in [0.2, 0.25) is 0 Å². The van der Waals surface area contributed by atoms with Crippen molar-refractivity contribution in [1.82, 2.24) is 4.98 Å². The Morgan fingerprint density at radius 3 is 2.16 bits per heavy atom. The van der Waals surface area contributed by atoms with E-state index in [0.717, 1.165) is 5.56 Å². The van der Waals surface area contributed by atoms with Crippen molar-refractivity contribution in [2.75, 3.05) is 0 Å². The molecule has 0 amide bonds. The summed E-state index contributed by atoms with van der Waals surface area (Å²) >= 11 is 0. The topological polar surface area (TPSA) is 83.2 Å². The van der Waals surface area contributed by atoms with Crippen LogP contribution in [0.25, 0.3) is 22.4 Å². The van der Waals surface area contributed by atoms with Crippen LogP contribution in [0.4, 0.5) is 4.39 Å². The number of benzene rings is 3. The van der Waals surface area contributed by atoms with Gasteiger partial charge in [0, 0.05) is 16.7 Å². The first-order chi connectivity index (χ1) is 15.6. The Morgan fingerprint density at radius 1 is 0.938 bits per heavy atom. The lowest BCUT2D eigenvalue weighted by Crippen LogP contribution is -2.19. The van der Waals surface area contributed by atoms with Gasteiger partial charge in [-0.1, -0.05) is 72.8 Å². The number of hydrogen-bond donors (Lipinski definition) is 1. The van der Waals surface area contributed by atoms with Gasteiger partial charge < -0.3 is 9.84 Å². The van der Waals surface area contributed by atoms with E-state index in [0.29, 0.717) is 22.4 Å². The molecule has 0 aliphatic heterocycles. The van der Waals surface area contributed by atoms with E-state index in [2.05, 4.69) is 11.1 Å². The molecule has 156 valence electrons. The Bertz CT molecular complexity index is 1280. The van der Waals surface area contributed by atoms with Crippen LogP contribution in [0, 0.1) is 17.1 Å².